The lowest BCUT2D eigenvalue weighted by Crippen LogP contribution is -2.53. The van der Waals surface area contributed by atoms with Gasteiger partial charge in [-0.05, 0) is 30.5 Å². The summed E-state index contributed by atoms with van der Waals surface area (Å²) in [4.78, 5) is 15.1. The van der Waals surface area contributed by atoms with Gasteiger partial charge >= 0.3 is 6.09 Å². The molecular weight excluding hydrogens is 378 g/mol. The maximum absolute atomic E-state index is 12.2. The van der Waals surface area contributed by atoms with E-state index >= 15 is 0 Å². The smallest absolute Gasteiger partial charge is 0.407 e. The Hall–Kier alpha value is -2.89. The molecule has 0 aromatic heterocycles. The highest BCUT2D eigenvalue weighted by Crippen LogP contribution is 2.28. The van der Waals surface area contributed by atoms with Crippen LogP contribution in [0.15, 0.2) is 48.5 Å². The highest BCUT2D eigenvalue weighted by Gasteiger charge is 2.35. The molecule has 0 radical (unpaired) electrons. The Labute approximate surface area is 164 Å². The molecule has 2 atom stereocenters. The standard InChI is InChI=1S/C20H21N3O4S/c1-13(2)28(25,26)23-18-12-22-20(24)27-19(18)16-6-4-14(5-7-16)15-8-10-17(21-3)11-9-15/h4-11,13,18-19,23H,12H2,1-2H3,(H,22,24). The van der Waals surface area contributed by atoms with Crippen LogP contribution < -0.4 is 10.0 Å². The Bertz CT molecular complexity index is 993. The van der Waals surface area contributed by atoms with Crippen molar-refractivity contribution in [3.63, 3.8) is 0 Å². The number of amides is 1. The molecule has 146 valence electrons. The largest absolute Gasteiger partial charge is 0.440 e. The van der Waals surface area contributed by atoms with E-state index in [9.17, 15) is 13.2 Å². The summed E-state index contributed by atoms with van der Waals surface area (Å²) in [5.74, 6) is 0. The van der Waals surface area contributed by atoms with Crippen molar-refractivity contribution in [3.8, 4) is 11.1 Å². The fraction of sp³-hybridized carbons (Fsp3) is 0.300. The number of nitrogens with one attached hydrogen (secondary N) is 2. The first-order valence-electron chi connectivity index (χ1n) is 8.83. The molecule has 1 heterocycles. The number of benzene rings is 2. The summed E-state index contributed by atoms with van der Waals surface area (Å²) in [5, 5.41) is 1.94. The van der Waals surface area contributed by atoms with Gasteiger partial charge in [-0.1, -0.05) is 48.5 Å². The van der Waals surface area contributed by atoms with Crippen molar-refractivity contribution in [2.45, 2.75) is 31.2 Å². The third-order valence-corrected chi connectivity index (χ3v) is 6.44. The average Bonchev–Trinajstić information content (AvgIpc) is 2.69. The molecule has 2 aromatic rings. The maximum atomic E-state index is 12.2. The number of hydrogen-bond donors (Lipinski definition) is 2. The minimum absolute atomic E-state index is 0.148. The van der Waals surface area contributed by atoms with Crippen LogP contribution in [0.5, 0.6) is 0 Å². The van der Waals surface area contributed by atoms with E-state index < -0.39 is 33.5 Å². The molecule has 2 aromatic carbocycles. The Morgan fingerprint density at radius 2 is 1.68 bits per heavy atom. The van der Waals surface area contributed by atoms with Crippen LogP contribution in [0.25, 0.3) is 16.0 Å². The number of sulfonamides is 1. The Morgan fingerprint density at radius 1 is 1.11 bits per heavy atom. The Kier molecular flexibility index (Phi) is 5.68. The number of rotatable bonds is 5. The molecule has 0 aliphatic carbocycles. The van der Waals surface area contributed by atoms with Gasteiger partial charge in [-0.15, -0.1) is 0 Å². The van der Waals surface area contributed by atoms with Gasteiger partial charge in [-0.3, -0.25) is 0 Å². The molecule has 8 heteroatoms. The molecule has 2 unspecified atom stereocenters. The van der Waals surface area contributed by atoms with E-state index in [0.717, 1.165) is 11.1 Å². The monoisotopic (exact) mass is 399 g/mol. The number of ether oxygens (including phenoxy) is 1. The molecule has 3 rings (SSSR count). The molecule has 1 fully saturated rings. The molecule has 0 bridgehead atoms. The van der Waals surface area contributed by atoms with Gasteiger partial charge in [0, 0.05) is 6.54 Å². The first-order chi connectivity index (χ1) is 13.3. The van der Waals surface area contributed by atoms with Crippen LogP contribution in [0.3, 0.4) is 0 Å². The van der Waals surface area contributed by atoms with Crippen LogP contribution in [0.2, 0.25) is 0 Å². The second-order valence-electron chi connectivity index (χ2n) is 6.81. The third kappa shape index (κ3) is 4.32. The van der Waals surface area contributed by atoms with Crippen molar-refractivity contribution in [2.75, 3.05) is 6.54 Å². The SMILES string of the molecule is [C-]#[N+]c1ccc(-c2ccc(C3OC(=O)NCC3NS(=O)(=O)C(C)C)cc2)cc1. The first-order valence-corrected chi connectivity index (χ1v) is 10.4. The maximum Gasteiger partial charge on any atom is 0.407 e. The predicted molar refractivity (Wildman–Crippen MR) is 106 cm³/mol. The highest BCUT2D eigenvalue weighted by molar-refractivity contribution is 7.90. The summed E-state index contributed by atoms with van der Waals surface area (Å²) in [6.07, 6.45) is -1.30. The van der Waals surface area contributed by atoms with Gasteiger partial charge < -0.3 is 10.1 Å². The fourth-order valence-electron chi connectivity index (χ4n) is 2.88. The molecule has 1 aliphatic rings. The van der Waals surface area contributed by atoms with Crippen molar-refractivity contribution < 1.29 is 17.9 Å². The summed E-state index contributed by atoms with van der Waals surface area (Å²) >= 11 is 0. The summed E-state index contributed by atoms with van der Waals surface area (Å²) in [5.41, 5.74) is 3.17. The Morgan fingerprint density at radius 3 is 2.21 bits per heavy atom. The number of cyclic esters (lactones) is 1. The van der Waals surface area contributed by atoms with Crippen molar-refractivity contribution in [1.82, 2.24) is 10.0 Å². The molecule has 1 saturated heterocycles. The summed E-state index contributed by atoms with van der Waals surface area (Å²) in [7, 11) is -3.52. The lowest BCUT2D eigenvalue weighted by atomic mass is 9.98. The van der Waals surface area contributed by atoms with E-state index in [-0.39, 0.29) is 6.54 Å². The van der Waals surface area contributed by atoms with Crippen LogP contribution >= 0.6 is 0 Å². The van der Waals surface area contributed by atoms with Crippen molar-refractivity contribution in [2.24, 2.45) is 0 Å². The van der Waals surface area contributed by atoms with E-state index in [1.165, 1.54) is 0 Å². The predicted octanol–water partition coefficient (Wildman–Crippen LogP) is 3.38. The highest BCUT2D eigenvalue weighted by atomic mass is 32.2. The van der Waals surface area contributed by atoms with Gasteiger partial charge in [0.25, 0.3) is 0 Å². The number of carbonyl (C=O) groups is 1. The molecule has 1 amide bonds. The zero-order valence-electron chi connectivity index (χ0n) is 15.5. The average molecular weight is 399 g/mol. The summed E-state index contributed by atoms with van der Waals surface area (Å²) < 4.78 is 32.5. The first kappa shape index (κ1) is 19.9. The second kappa shape index (κ2) is 8.00. The van der Waals surface area contributed by atoms with Crippen molar-refractivity contribution in [3.05, 3.63) is 65.5 Å². The van der Waals surface area contributed by atoms with E-state index in [1.54, 1.807) is 26.0 Å². The van der Waals surface area contributed by atoms with E-state index in [4.69, 9.17) is 11.3 Å². The van der Waals surface area contributed by atoms with Crippen molar-refractivity contribution >= 4 is 21.8 Å². The summed E-state index contributed by atoms with van der Waals surface area (Å²) in [6.45, 7) is 10.3. The zero-order valence-corrected chi connectivity index (χ0v) is 16.4. The topological polar surface area (TPSA) is 88.9 Å². The number of carbonyl (C=O) groups excluding carboxylic acids is 1. The Balaban J connectivity index is 1.84. The fourth-order valence-corrected chi connectivity index (χ4v) is 3.79. The van der Waals surface area contributed by atoms with E-state index in [1.807, 2.05) is 36.4 Å². The zero-order chi connectivity index (χ0) is 20.3. The lowest BCUT2D eigenvalue weighted by molar-refractivity contribution is 0.0567. The molecule has 7 nitrogen and oxygen atoms in total. The van der Waals surface area contributed by atoms with Gasteiger partial charge in [-0.2, -0.15) is 0 Å². The van der Waals surface area contributed by atoms with Crippen LogP contribution in [0, 0.1) is 6.57 Å². The third-order valence-electron chi connectivity index (χ3n) is 4.57. The normalized spacial score (nSPS) is 19.6. The molecule has 0 saturated carbocycles. The number of hydrogen-bond acceptors (Lipinski definition) is 4. The molecule has 0 spiro atoms. The lowest BCUT2D eigenvalue weighted by Gasteiger charge is -2.32. The number of nitrogens with zero attached hydrogens (tertiary/aromatic N) is 1. The summed E-state index contributed by atoms with van der Waals surface area (Å²) in [6, 6.07) is 14.0. The quantitative estimate of drug-likeness (QED) is 0.755. The molecule has 28 heavy (non-hydrogen) atoms. The van der Waals surface area contributed by atoms with E-state index in [0.29, 0.717) is 11.3 Å². The minimum atomic E-state index is -3.52. The van der Waals surface area contributed by atoms with Crippen molar-refractivity contribution in [1.29, 1.82) is 0 Å². The molecular formula is C20H21N3O4S. The van der Waals surface area contributed by atoms with Gasteiger partial charge in [0.15, 0.2) is 5.69 Å². The van der Waals surface area contributed by atoms with Crippen LogP contribution in [0.4, 0.5) is 10.5 Å². The van der Waals surface area contributed by atoms with Crippen LogP contribution in [-0.2, 0) is 14.8 Å². The van der Waals surface area contributed by atoms with Crippen LogP contribution in [-0.4, -0.2) is 32.3 Å². The van der Waals surface area contributed by atoms with Gasteiger partial charge in [-0.25, -0.2) is 22.8 Å². The van der Waals surface area contributed by atoms with Gasteiger partial charge in [0.1, 0.15) is 6.10 Å². The molecule has 1 aliphatic heterocycles. The minimum Gasteiger partial charge on any atom is -0.440 e. The van der Waals surface area contributed by atoms with Gasteiger partial charge in [0.2, 0.25) is 10.0 Å². The second-order valence-corrected chi connectivity index (χ2v) is 9.07. The van der Waals surface area contributed by atoms with Crippen LogP contribution in [0.1, 0.15) is 25.5 Å². The van der Waals surface area contributed by atoms with E-state index in [2.05, 4.69) is 14.9 Å². The molecule has 2 N–H and O–H groups in total. The van der Waals surface area contributed by atoms with Gasteiger partial charge in [0.05, 0.1) is 17.9 Å². The number of alkyl carbamates (subject to hydrolysis) is 1.